The molecule has 0 fully saturated rings. The van der Waals surface area contributed by atoms with E-state index < -0.39 is 0 Å². The van der Waals surface area contributed by atoms with E-state index in [1.165, 1.54) is 14.2 Å². The molecule has 0 aliphatic carbocycles. The van der Waals surface area contributed by atoms with Crippen LogP contribution in [-0.4, -0.2) is 38.6 Å². The summed E-state index contributed by atoms with van der Waals surface area (Å²) < 4.78 is 5.24. The van der Waals surface area contributed by atoms with Gasteiger partial charge >= 0.3 is 0 Å². The standard InChI is InChI=1S/C15H21N3O3/c1-11(2)17-21-10-12-8-6-7-9-13(12)14(18-20-5)15(16-3)19-4/h6-9H,10H2,1-5H3/b16-15?,18-14-. The predicted molar refractivity (Wildman–Crippen MR) is 83.9 cm³/mol. The minimum Gasteiger partial charge on any atom is -0.480 e. The highest BCUT2D eigenvalue weighted by atomic mass is 16.6. The van der Waals surface area contributed by atoms with Crippen molar-refractivity contribution in [2.75, 3.05) is 21.3 Å². The fraction of sp³-hybridized carbons (Fsp3) is 0.400. The van der Waals surface area contributed by atoms with Crippen molar-refractivity contribution < 1.29 is 14.4 Å². The molecule has 0 radical (unpaired) electrons. The van der Waals surface area contributed by atoms with Crippen LogP contribution < -0.4 is 0 Å². The summed E-state index contributed by atoms with van der Waals surface area (Å²) in [6, 6.07) is 7.67. The van der Waals surface area contributed by atoms with Crippen LogP contribution in [0.5, 0.6) is 0 Å². The van der Waals surface area contributed by atoms with Gasteiger partial charge in [-0.1, -0.05) is 34.6 Å². The molecule has 0 spiro atoms. The average Bonchev–Trinajstić information content (AvgIpc) is 2.48. The van der Waals surface area contributed by atoms with Gasteiger partial charge in [-0.2, -0.15) is 0 Å². The zero-order valence-corrected chi connectivity index (χ0v) is 13.1. The molecule has 0 atom stereocenters. The highest BCUT2D eigenvalue weighted by Gasteiger charge is 2.17. The van der Waals surface area contributed by atoms with Crippen molar-refractivity contribution in [1.29, 1.82) is 0 Å². The van der Waals surface area contributed by atoms with Gasteiger partial charge in [0, 0.05) is 18.2 Å². The number of rotatable bonds is 6. The summed E-state index contributed by atoms with van der Waals surface area (Å²) in [7, 11) is 4.65. The monoisotopic (exact) mass is 291 g/mol. The molecule has 1 aromatic carbocycles. The fourth-order valence-corrected chi connectivity index (χ4v) is 1.70. The van der Waals surface area contributed by atoms with Crippen LogP contribution in [0.2, 0.25) is 0 Å². The smallest absolute Gasteiger partial charge is 0.238 e. The lowest BCUT2D eigenvalue weighted by atomic mass is 10.0. The van der Waals surface area contributed by atoms with Crippen LogP contribution >= 0.6 is 0 Å². The highest BCUT2D eigenvalue weighted by molar-refractivity contribution is 6.45. The maximum atomic E-state index is 5.31. The van der Waals surface area contributed by atoms with E-state index in [1.54, 1.807) is 7.05 Å². The van der Waals surface area contributed by atoms with E-state index in [0.717, 1.165) is 16.8 Å². The van der Waals surface area contributed by atoms with Gasteiger partial charge in [0.1, 0.15) is 13.7 Å². The molecule has 0 saturated heterocycles. The molecule has 0 unspecified atom stereocenters. The minimum absolute atomic E-state index is 0.324. The first-order chi connectivity index (χ1) is 10.1. The Morgan fingerprint density at radius 2 is 1.81 bits per heavy atom. The van der Waals surface area contributed by atoms with E-state index in [2.05, 4.69) is 15.3 Å². The third-order valence-corrected chi connectivity index (χ3v) is 2.52. The van der Waals surface area contributed by atoms with Crippen LogP contribution in [0, 0.1) is 0 Å². The molecule has 0 aromatic heterocycles. The Hall–Kier alpha value is -2.37. The van der Waals surface area contributed by atoms with Crippen LogP contribution in [0.1, 0.15) is 25.0 Å². The Labute approximate surface area is 125 Å². The second kappa shape index (κ2) is 8.73. The lowest BCUT2D eigenvalue weighted by Gasteiger charge is -2.11. The maximum Gasteiger partial charge on any atom is 0.238 e. The molecule has 6 heteroatoms. The number of nitrogens with zero attached hydrogens (tertiary/aromatic N) is 3. The lowest BCUT2D eigenvalue weighted by Crippen LogP contribution is -2.20. The Morgan fingerprint density at radius 3 is 2.38 bits per heavy atom. The van der Waals surface area contributed by atoms with Crippen molar-refractivity contribution in [2.24, 2.45) is 15.3 Å². The average molecular weight is 291 g/mol. The molecule has 0 saturated carbocycles. The number of aliphatic imine (C=N–C) groups is 1. The van der Waals surface area contributed by atoms with Crippen molar-refractivity contribution in [3.8, 4) is 0 Å². The molecule has 6 nitrogen and oxygen atoms in total. The molecule has 114 valence electrons. The van der Waals surface area contributed by atoms with Gasteiger partial charge in [0.25, 0.3) is 0 Å². The second-order valence-electron chi connectivity index (χ2n) is 4.32. The zero-order valence-electron chi connectivity index (χ0n) is 13.1. The molecule has 1 aromatic rings. The number of hydrogen-bond acceptors (Lipinski definition) is 6. The largest absolute Gasteiger partial charge is 0.480 e. The van der Waals surface area contributed by atoms with E-state index in [4.69, 9.17) is 14.4 Å². The van der Waals surface area contributed by atoms with Gasteiger partial charge in [0.15, 0.2) is 5.71 Å². The normalized spacial score (nSPS) is 11.9. The highest BCUT2D eigenvalue weighted by Crippen LogP contribution is 2.13. The van der Waals surface area contributed by atoms with Gasteiger partial charge in [-0.15, -0.1) is 0 Å². The van der Waals surface area contributed by atoms with Gasteiger partial charge in [-0.05, 0) is 13.8 Å². The zero-order chi connectivity index (χ0) is 15.7. The molecule has 0 bridgehead atoms. The number of methoxy groups -OCH3 is 1. The lowest BCUT2D eigenvalue weighted by molar-refractivity contribution is 0.130. The van der Waals surface area contributed by atoms with Crippen molar-refractivity contribution in [3.05, 3.63) is 35.4 Å². The van der Waals surface area contributed by atoms with Crippen molar-refractivity contribution in [2.45, 2.75) is 20.5 Å². The quantitative estimate of drug-likeness (QED) is 0.460. The van der Waals surface area contributed by atoms with Crippen molar-refractivity contribution >= 4 is 17.3 Å². The number of ether oxygens (including phenoxy) is 1. The SMILES string of the molecule is CN=C(OC)/C(=N\OC)c1ccccc1CON=C(C)C. The number of oxime groups is 2. The molecule has 0 aliphatic heterocycles. The van der Waals surface area contributed by atoms with Crippen LogP contribution in [0.25, 0.3) is 0 Å². The summed E-state index contributed by atoms with van der Waals surface area (Å²) in [5.74, 6) is 0.388. The summed E-state index contributed by atoms with van der Waals surface area (Å²) in [4.78, 5) is 14.3. The summed E-state index contributed by atoms with van der Waals surface area (Å²) in [6.07, 6.45) is 0. The summed E-state index contributed by atoms with van der Waals surface area (Å²) in [5.41, 5.74) is 3.10. The molecular formula is C15H21N3O3. The molecule has 0 amide bonds. The van der Waals surface area contributed by atoms with E-state index >= 15 is 0 Å². The molecule has 21 heavy (non-hydrogen) atoms. The molecule has 0 aliphatic rings. The van der Waals surface area contributed by atoms with Gasteiger partial charge in [-0.25, -0.2) is 0 Å². The van der Waals surface area contributed by atoms with E-state index in [9.17, 15) is 0 Å². The third kappa shape index (κ3) is 4.91. The Kier molecular flexibility index (Phi) is 6.94. The van der Waals surface area contributed by atoms with Crippen LogP contribution in [0.4, 0.5) is 0 Å². The first-order valence-electron chi connectivity index (χ1n) is 6.47. The number of hydrogen-bond donors (Lipinski definition) is 0. The second-order valence-corrected chi connectivity index (χ2v) is 4.32. The summed E-state index contributed by atoms with van der Waals surface area (Å²) in [6.45, 7) is 4.07. The number of benzene rings is 1. The summed E-state index contributed by atoms with van der Waals surface area (Å²) in [5, 5.41) is 7.95. The van der Waals surface area contributed by atoms with Crippen LogP contribution in [0.3, 0.4) is 0 Å². The topological polar surface area (TPSA) is 64.8 Å². The first-order valence-corrected chi connectivity index (χ1v) is 6.47. The first kappa shape index (κ1) is 16.7. The molecule has 1 rings (SSSR count). The maximum absolute atomic E-state index is 5.31. The third-order valence-electron chi connectivity index (χ3n) is 2.52. The van der Waals surface area contributed by atoms with Crippen LogP contribution in [0.15, 0.2) is 39.6 Å². The molecular weight excluding hydrogens is 270 g/mol. The van der Waals surface area contributed by atoms with Gasteiger partial charge in [0.05, 0.1) is 12.8 Å². The van der Waals surface area contributed by atoms with Gasteiger partial charge < -0.3 is 14.4 Å². The van der Waals surface area contributed by atoms with E-state index in [0.29, 0.717) is 18.2 Å². The van der Waals surface area contributed by atoms with Crippen LogP contribution in [-0.2, 0) is 21.0 Å². The minimum atomic E-state index is 0.324. The Balaban J connectivity index is 3.15. The summed E-state index contributed by atoms with van der Waals surface area (Å²) >= 11 is 0. The predicted octanol–water partition coefficient (Wildman–Crippen LogP) is 2.62. The Morgan fingerprint density at radius 1 is 1.10 bits per heavy atom. The van der Waals surface area contributed by atoms with Gasteiger partial charge in [0.2, 0.25) is 5.90 Å². The molecule has 0 N–H and O–H groups in total. The van der Waals surface area contributed by atoms with Crippen molar-refractivity contribution in [1.82, 2.24) is 0 Å². The van der Waals surface area contributed by atoms with Crippen molar-refractivity contribution in [3.63, 3.8) is 0 Å². The van der Waals surface area contributed by atoms with E-state index in [-0.39, 0.29) is 0 Å². The fourth-order valence-electron chi connectivity index (χ4n) is 1.70. The van der Waals surface area contributed by atoms with E-state index in [1.807, 2.05) is 38.1 Å². The molecule has 0 heterocycles. The Bertz CT molecular complexity index is 547. The van der Waals surface area contributed by atoms with Gasteiger partial charge in [-0.3, -0.25) is 4.99 Å².